The zero-order valence-corrected chi connectivity index (χ0v) is 18.5. The Morgan fingerprint density at radius 1 is 0.938 bits per heavy atom. The fourth-order valence-electron chi connectivity index (χ4n) is 4.40. The van der Waals surface area contributed by atoms with Gasteiger partial charge in [-0.25, -0.2) is 4.39 Å². The molecule has 1 aliphatic heterocycles. The highest BCUT2D eigenvalue weighted by molar-refractivity contribution is 6.07. The summed E-state index contributed by atoms with van der Waals surface area (Å²) in [5, 5.41) is 0. The van der Waals surface area contributed by atoms with E-state index in [9.17, 15) is 14.0 Å². The van der Waals surface area contributed by atoms with Crippen LogP contribution in [0.1, 0.15) is 49.2 Å². The summed E-state index contributed by atoms with van der Waals surface area (Å²) in [6.07, 6.45) is 0.575. The van der Waals surface area contributed by atoms with Crippen LogP contribution in [0.25, 0.3) is 0 Å². The lowest BCUT2D eigenvalue weighted by Gasteiger charge is -2.44. The number of fused-ring (bicyclic) bond motifs is 1. The minimum atomic E-state index is -0.355. The number of halogens is 1. The monoisotopic (exact) mass is 430 g/mol. The van der Waals surface area contributed by atoms with Crippen LogP contribution in [0.5, 0.6) is 0 Å². The number of carbonyl (C=O) groups is 2. The van der Waals surface area contributed by atoms with Crippen molar-refractivity contribution in [2.45, 2.75) is 39.3 Å². The smallest absolute Gasteiger partial charge is 0.258 e. The first kappa shape index (κ1) is 21.8. The Balaban J connectivity index is 1.85. The van der Waals surface area contributed by atoms with Crippen molar-refractivity contribution >= 4 is 23.2 Å². The minimum absolute atomic E-state index is 0.0612. The van der Waals surface area contributed by atoms with Gasteiger partial charge in [0.05, 0.1) is 6.04 Å². The van der Waals surface area contributed by atoms with Gasteiger partial charge in [-0.2, -0.15) is 0 Å². The van der Waals surface area contributed by atoms with Gasteiger partial charge in [-0.05, 0) is 61.4 Å². The third kappa shape index (κ3) is 4.03. The summed E-state index contributed by atoms with van der Waals surface area (Å²) < 4.78 is 13.7. The van der Waals surface area contributed by atoms with Crippen molar-refractivity contribution in [3.8, 4) is 0 Å². The quantitative estimate of drug-likeness (QED) is 0.510. The fraction of sp³-hybridized carbons (Fsp3) is 0.259. The zero-order valence-electron chi connectivity index (χ0n) is 18.5. The molecule has 0 bridgehead atoms. The molecule has 4 nitrogen and oxygen atoms in total. The van der Waals surface area contributed by atoms with Crippen molar-refractivity contribution in [3.63, 3.8) is 0 Å². The van der Waals surface area contributed by atoms with E-state index in [0.717, 1.165) is 11.3 Å². The Kier molecular flexibility index (Phi) is 6.08. The highest BCUT2D eigenvalue weighted by Crippen LogP contribution is 2.43. The van der Waals surface area contributed by atoms with E-state index in [2.05, 4.69) is 0 Å². The topological polar surface area (TPSA) is 40.6 Å². The van der Waals surface area contributed by atoms with Crippen LogP contribution in [-0.2, 0) is 4.79 Å². The Hall–Kier alpha value is -3.47. The van der Waals surface area contributed by atoms with E-state index in [1.54, 1.807) is 29.2 Å². The van der Waals surface area contributed by atoms with Crippen LogP contribution < -0.4 is 9.80 Å². The van der Waals surface area contributed by atoms with Crippen LogP contribution in [-0.4, -0.2) is 17.9 Å². The van der Waals surface area contributed by atoms with Crippen LogP contribution in [0.3, 0.4) is 0 Å². The van der Waals surface area contributed by atoms with E-state index < -0.39 is 0 Å². The number of amides is 2. The van der Waals surface area contributed by atoms with Gasteiger partial charge in [-0.1, -0.05) is 50.2 Å². The molecular formula is C27H27FN2O2. The van der Waals surface area contributed by atoms with Crippen molar-refractivity contribution in [2.75, 3.05) is 9.80 Å². The lowest BCUT2D eigenvalue weighted by Crippen LogP contribution is -2.49. The maximum atomic E-state index is 13.7. The van der Waals surface area contributed by atoms with Crippen molar-refractivity contribution < 1.29 is 14.0 Å². The van der Waals surface area contributed by atoms with Crippen molar-refractivity contribution in [3.05, 3.63) is 95.8 Å². The maximum Gasteiger partial charge on any atom is 0.258 e. The highest BCUT2D eigenvalue weighted by atomic mass is 19.1. The summed E-state index contributed by atoms with van der Waals surface area (Å²) in [5.41, 5.74) is 2.91. The van der Waals surface area contributed by atoms with Crippen LogP contribution >= 0.6 is 0 Å². The summed E-state index contributed by atoms with van der Waals surface area (Å²) in [6, 6.07) is 22.5. The average Bonchev–Trinajstić information content (AvgIpc) is 2.80. The van der Waals surface area contributed by atoms with Crippen LogP contribution in [0.4, 0.5) is 15.8 Å². The second kappa shape index (κ2) is 8.95. The highest BCUT2D eigenvalue weighted by Gasteiger charge is 2.39. The molecule has 0 saturated carbocycles. The molecule has 32 heavy (non-hydrogen) atoms. The summed E-state index contributed by atoms with van der Waals surface area (Å²) in [6.45, 7) is 5.81. The van der Waals surface area contributed by atoms with Gasteiger partial charge in [-0.3, -0.25) is 9.59 Å². The SMILES string of the molecule is CC(C)C(=O)N1c2ccccc2[C@H](N(C(=O)c2ccccc2)c2ccc(F)cc2)C[C@@H]1C. The molecule has 4 rings (SSSR count). The molecular weight excluding hydrogens is 403 g/mol. The van der Waals surface area contributed by atoms with Crippen molar-refractivity contribution in [1.29, 1.82) is 0 Å². The Labute approximate surface area is 188 Å². The Morgan fingerprint density at radius 2 is 1.56 bits per heavy atom. The predicted molar refractivity (Wildman–Crippen MR) is 125 cm³/mol. The Bertz CT molecular complexity index is 1110. The number of carbonyl (C=O) groups excluding carboxylic acids is 2. The molecule has 0 saturated heterocycles. The summed E-state index contributed by atoms with van der Waals surface area (Å²) in [5.74, 6) is -0.591. The number of benzene rings is 3. The molecule has 0 aliphatic carbocycles. The third-order valence-electron chi connectivity index (χ3n) is 5.95. The first-order valence-electron chi connectivity index (χ1n) is 10.9. The number of rotatable bonds is 4. The minimum Gasteiger partial charge on any atom is -0.309 e. The van der Waals surface area contributed by atoms with Gasteiger partial charge >= 0.3 is 0 Å². The molecule has 5 heteroatoms. The number of nitrogens with zero attached hydrogens (tertiary/aromatic N) is 2. The van der Waals surface area contributed by atoms with E-state index in [1.165, 1.54) is 12.1 Å². The fourth-order valence-corrected chi connectivity index (χ4v) is 4.40. The van der Waals surface area contributed by atoms with Crippen LogP contribution in [0.2, 0.25) is 0 Å². The summed E-state index contributed by atoms with van der Waals surface area (Å²) >= 11 is 0. The average molecular weight is 431 g/mol. The number of para-hydroxylation sites is 1. The molecule has 3 aromatic carbocycles. The lowest BCUT2D eigenvalue weighted by atomic mass is 9.88. The van der Waals surface area contributed by atoms with E-state index >= 15 is 0 Å². The maximum absolute atomic E-state index is 13.7. The first-order chi connectivity index (χ1) is 15.4. The molecule has 0 fully saturated rings. The van der Waals surface area contributed by atoms with Crippen LogP contribution in [0.15, 0.2) is 78.9 Å². The van der Waals surface area contributed by atoms with Gasteiger partial charge in [0.25, 0.3) is 5.91 Å². The van der Waals surface area contributed by atoms with Gasteiger partial charge in [0.1, 0.15) is 5.82 Å². The van der Waals surface area contributed by atoms with E-state index in [-0.39, 0.29) is 35.6 Å². The van der Waals surface area contributed by atoms with Crippen molar-refractivity contribution in [2.24, 2.45) is 5.92 Å². The van der Waals surface area contributed by atoms with Crippen LogP contribution in [0, 0.1) is 11.7 Å². The number of anilines is 2. The Morgan fingerprint density at radius 3 is 2.22 bits per heavy atom. The second-order valence-electron chi connectivity index (χ2n) is 8.54. The molecule has 0 radical (unpaired) electrons. The largest absolute Gasteiger partial charge is 0.309 e. The molecule has 0 spiro atoms. The standard InChI is InChI=1S/C27H27FN2O2/c1-18(2)26(31)29-19(3)17-25(23-11-7-8-12-24(23)29)30(22-15-13-21(28)14-16-22)27(32)20-9-5-4-6-10-20/h4-16,18-19,25H,17H2,1-3H3/t19-,25+/m0/s1. The van der Waals surface area contributed by atoms with Crippen molar-refractivity contribution in [1.82, 2.24) is 0 Å². The van der Waals surface area contributed by atoms with Gasteiger partial charge in [0.2, 0.25) is 5.91 Å². The third-order valence-corrected chi connectivity index (χ3v) is 5.95. The first-order valence-corrected chi connectivity index (χ1v) is 10.9. The molecule has 2 amide bonds. The molecule has 2 atom stereocenters. The van der Waals surface area contributed by atoms with Gasteiger partial charge in [-0.15, -0.1) is 0 Å². The molecule has 3 aromatic rings. The molecule has 164 valence electrons. The lowest BCUT2D eigenvalue weighted by molar-refractivity contribution is -0.122. The summed E-state index contributed by atoms with van der Waals surface area (Å²) in [7, 11) is 0. The van der Waals surface area contributed by atoms with E-state index in [4.69, 9.17) is 0 Å². The number of hydrogen-bond donors (Lipinski definition) is 0. The second-order valence-corrected chi connectivity index (χ2v) is 8.54. The molecule has 1 heterocycles. The molecule has 0 aromatic heterocycles. The predicted octanol–water partition coefficient (Wildman–Crippen LogP) is 6.00. The molecule has 0 unspecified atom stereocenters. The van der Waals surface area contributed by atoms with Gasteiger partial charge in [0, 0.05) is 28.9 Å². The normalized spacial score (nSPS) is 17.7. The van der Waals surface area contributed by atoms with E-state index in [1.807, 2.05) is 68.1 Å². The van der Waals surface area contributed by atoms with E-state index in [0.29, 0.717) is 17.7 Å². The zero-order chi connectivity index (χ0) is 22.8. The van der Waals surface area contributed by atoms with Gasteiger partial charge < -0.3 is 9.80 Å². The molecule has 1 aliphatic rings. The number of hydrogen-bond acceptors (Lipinski definition) is 2. The molecule has 0 N–H and O–H groups in total. The van der Waals surface area contributed by atoms with Gasteiger partial charge in [0.15, 0.2) is 0 Å². The summed E-state index contributed by atoms with van der Waals surface area (Å²) in [4.78, 5) is 30.3.